The fraction of sp³-hybridized carbons (Fsp3) is 0.200. The highest BCUT2D eigenvalue weighted by Crippen LogP contribution is 2.36. The molecule has 2 aromatic rings. The van der Waals surface area contributed by atoms with Crippen molar-refractivity contribution < 1.29 is 23.9 Å². The van der Waals surface area contributed by atoms with E-state index >= 15 is 0 Å². The van der Waals surface area contributed by atoms with Crippen molar-refractivity contribution >= 4 is 52.5 Å². The Morgan fingerprint density at radius 2 is 1.69 bits per heavy atom. The van der Waals surface area contributed by atoms with E-state index in [1.807, 2.05) is 18.2 Å². The summed E-state index contributed by atoms with van der Waals surface area (Å²) in [4.78, 5) is 48.0. The average molecular weight is 413 g/mol. The molecule has 0 bridgehead atoms. The summed E-state index contributed by atoms with van der Waals surface area (Å²) in [6, 6.07) is 13.8. The third-order valence-electron chi connectivity index (χ3n) is 3.91. The summed E-state index contributed by atoms with van der Waals surface area (Å²) in [6.45, 7) is 0.945. The van der Waals surface area contributed by atoms with E-state index in [1.165, 1.54) is 18.7 Å². The van der Waals surface area contributed by atoms with Crippen molar-refractivity contribution in [3.05, 3.63) is 48.5 Å². The molecule has 0 spiro atoms. The largest absolute Gasteiger partial charge is 0.456 e. The van der Waals surface area contributed by atoms with Gasteiger partial charge in [-0.3, -0.25) is 19.2 Å². The molecule has 1 atom stereocenters. The van der Waals surface area contributed by atoms with Crippen LogP contribution in [0, 0.1) is 0 Å². The number of ether oxygens (including phenoxy) is 1. The molecular weight excluding hydrogens is 394 g/mol. The Kier molecular flexibility index (Phi) is 6.50. The molecular formula is C20H19N3O5S. The quantitative estimate of drug-likeness (QED) is 0.628. The normalized spacial score (nSPS) is 14.9. The van der Waals surface area contributed by atoms with Gasteiger partial charge in [-0.25, -0.2) is 0 Å². The fourth-order valence-corrected chi connectivity index (χ4v) is 3.72. The first-order chi connectivity index (χ1) is 13.9. The minimum atomic E-state index is -0.631. The first-order valence-electron chi connectivity index (χ1n) is 8.80. The maximum absolute atomic E-state index is 12.1. The zero-order chi connectivity index (χ0) is 20.8. The molecule has 1 heterocycles. The van der Waals surface area contributed by atoms with E-state index in [0.717, 1.165) is 10.6 Å². The van der Waals surface area contributed by atoms with Crippen molar-refractivity contribution in [3.63, 3.8) is 0 Å². The maximum atomic E-state index is 12.1. The lowest BCUT2D eigenvalue weighted by molar-refractivity contribution is -0.147. The Bertz CT molecular complexity index is 945. The lowest BCUT2D eigenvalue weighted by Crippen LogP contribution is -2.32. The van der Waals surface area contributed by atoms with Gasteiger partial charge in [-0.05, 0) is 36.4 Å². The molecule has 0 saturated heterocycles. The number of amides is 3. The number of para-hydroxylation sites is 1. The highest BCUT2D eigenvalue weighted by Gasteiger charge is 2.29. The third kappa shape index (κ3) is 5.82. The second-order valence-corrected chi connectivity index (χ2v) is 7.51. The van der Waals surface area contributed by atoms with Crippen molar-refractivity contribution in [2.75, 3.05) is 22.6 Å². The molecule has 1 aliphatic rings. The van der Waals surface area contributed by atoms with Crippen molar-refractivity contribution in [3.8, 4) is 0 Å². The van der Waals surface area contributed by atoms with Crippen LogP contribution in [0.2, 0.25) is 0 Å². The van der Waals surface area contributed by atoms with Crippen molar-refractivity contribution in [1.29, 1.82) is 0 Å². The predicted molar refractivity (Wildman–Crippen MR) is 110 cm³/mol. The zero-order valence-corrected chi connectivity index (χ0v) is 16.4. The molecule has 3 amide bonds. The van der Waals surface area contributed by atoms with Crippen LogP contribution in [0.4, 0.5) is 17.1 Å². The molecule has 29 heavy (non-hydrogen) atoms. The van der Waals surface area contributed by atoms with E-state index in [0.29, 0.717) is 11.4 Å². The second kappa shape index (κ2) is 9.24. The molecule has 0 unspecified atom stereocenters. The van der Waals surface area contributed by atoms with Gasteiger partial charge in [-0.1, -0.05) is 12.1 Å². The van der Waals surface area contributed by atoms with Crippen LogP contribution in [0.1, 0.15) is 13.3 Å². The Morgan fingerprint density at radius 1 is 1.03 bits per heavy atom. The van der Waals surface area contributed by atoms with Crippen LogP contribution in [0.25, 0.3) is 0 Å². The van der Waals surface area contributed by atoms with Gasteiger partial charge >= 0.3 is 5.97 Å². The molecule has 2 aromatic carbocycles. The lowest BCUT2D eigenvalue weighted by Gasteiger charge is -2.23. The van der Waals surface area contributed by atoms with E-state index in [-0.39, 0.29) is 18.2 Å². The number of fused-ring (bicyclic) bond motifs is 1. The maximum Gasteiger partial charge on any atom is 0.307 e. The summed E-state index contributed by atoms with van der Waals surface area (Å²) in [5.41, 5.74) is 1.82. The summed E-state index contributed by atoms with van der Waals surface area (Å²) < 4.78 is 4.99. The van der Waals surface area contributed by atoms with E-state index in [4.69, 9.17) is 4.74 Å². The molecule has 0 aromatic heterocycles. The van der Waals surface area contributed by atoms with Gasteiger partial charge in [0, 0.05) is 23.2 Å². The topological polar surface area (TPSA) is 114 Å². The van der Waals surface area contributed by atoms with Crippen molar-refractivity contribution in [1.82, 2.24) is 0 Å². The number of hydrogen-bond acceptors (Lipinski definition) is 6. The predicted octanol–water partition coefficient (Wildman–Crippen LogP) is 2.63. The number of esters is 1. The SMILES string of the molecule is CC(=O)Nc1ccc(NC(=O)COC(=O)C[C@@H]2Sc3ccccc3NC2=O)cc1. The van der Waals surface area contributed by atoms with Crippen LogP contribution in [-0.4, -0.2) is 35.5 Å². The number of hydrogen-bond donors (Lipinski definition) is 3. The average Bonchev–Trinajstić information content (AvgIpc) is 2.68. The van der Waals surface area contributed by atoms with Crippen LogP contribution in [0.3, 0.4) is 0 Å². The van der Waals surface area contributed by atoms with Gasteiger partial charge in [0.1, 0.15) is 0 Å². The van der Waals surface area contributed by atoms with Gasteiger partial charge in [0.05, 0.1) is 17.4 Å². The number of thioether (sulfide) groups is 1. The van der Waals surface area contributed by atoms with Gasteiger partial charge in [0.2, 0.25) is 11.8 Å². The van der Waals surface area contributed by atoms with Crippen LogP contribution in [0.5, 0.6) is 0 Å². The number of rotatable bonds is 6. The smallest absolute Gasteiger partial charge is 0.307 e. The highest BCUT2D eigenvalue weighted by molar-refractivity contribution is 8.01. The Hall–Kier alpha value is -3.33. The molecule has 8 nitrogen and oxygen atoms in total. The van der Waals surface area contributed by atoms with Gasteiger partial charge in [-0.2, -0.15) is 0 Å². The molecule has 3 N–H and O–H groups in total. The summed E-state index contributed by atoms with van der Waals surface area (Å²) in [5.74, 6) is -1.60. The summed E-state index contributed by atoms with van der Waals surface area (Å²) >= 11 is 1.29. The number of carbonyl (C=O) groups excluding carboxylic acids is 4. The van der Waals surface area contributed by atoms with Crippen LogP contribution < -0.4 is 16.0 Å². The molecule has 1 aliphatic heterocycles. The van der Waals surface area contributed by atoms with Gasteiger partial charge in [0.15, 0.2) is 6.61 Å². The monoisotopic (exact) mass is 413 g/mol. The zero-order valence-electron chi connectivity index (χ0n) is 15.6. The first kappa shape index (κ1) is 20.4. The van der Waals surface area contributed by atoms with Crippen LogP contribution in [0.15, 0.2) is 53.4 Å². The third-order valence-corrected chi connectivity index (χ3v) is 5.19. The Morgan fingerprint density at radius 3 is 2.38 bits per heavy atom. The summed E-state index contributed by atoms with van der Waals surface area (Å²) in [6.07, 6.45) is -0.135. The highest BCUT2D eigenvalue weighted by atomic mass is 32.2. The fourth-order valence-electron chi connectivity index (χ4n) is 2.62. The minimum absolute atomic E-state index is 0.135. The van der Waals surface area contributed by atoms with Crippen LogP contribution in [-0.2, 0) is 23.9 Å². The van der Waals surface area contributed by atoms with Gasteiger partial charge in [-0.15, -0.1) is 11.8 Å². The number of carbonyl (C=O) groups is 4. The first-order valence-corrected chi connectivity index (χ1v) is 9.68. The molecule has 0 fully saturated rings. The van der Waals surface area contributed by atoms with E-state index < -0.39 is 23.7 Å². The standard InChI is InChI=1S/C20H19N3O5S/c1-12(24)21-13-6-8-14(9-7-13)22-18(25)11-28-19(26)10-17-20(27)23-15-4-2-3-5-16(15)29-17/h2-9,17H,10-11H2,1H3,(H,21,24)(H,22,25)(H,23,27)/t17-/m0/s1. The number of benzene rings is 2. The molecule has 0 radical (unpaired) electrons. The Labute approximate surface area is 171 Å². The van der Waals surface area contributed by atoms with Crippen molar-refractivity contribution in [2.45, 2.75) is 23.5 Å². The minimum Gasteiger partial charge on any atom is -0.456 e. The van der Waals surface area contributed by atoms with Gasteiger partial charge in [0.25, 0.3) is 5.91 Å². The van der Waals surface area contributed by atoms with E-state index in [1.54, 1.807) is 30.3 Å². The van der Waals surface area contributed by atoms with E-state index in [2.05, 4.69) is 16.0 Å². The molecule has 0 aliphatic carbocycles. The van der Waals surface area contributed by atoms with Gasteiger partial charge < -0.3 is 20.7 Å². The molecule has 150 valence electrons. The second-order valence-electron chi connectivity index (χ2n) is 6.26. The van der Waals surface area contributed by atoms with Crippen molar-refractivity contribution in [2.24, 2.45) is 0 Å². The molecule has 0 saturated carbocycles. The van der Waals surface area contributed by atoms with Crippen LogP contribution >= 0.6 is 11.8 Å². The number of anilines is 3. The number of nitrogens with one attached hydrogen (secondary N) is 3. The molecule has 3 rings (SSSR count). The summed E-state index contributed by atoms with van der Waals surface area (Å²) in [7, 11) is 0. The molecule has 9 heteroatoms. The lowest BCUT2D eigenvalue weighted by atomic mass is 10.2. The van der Waals surface area contributed by atoms with E-state index in [9.17, 15) is 19.2 Å². The summed E-state index contributed by atoms with van der Waals surface area (Å²) in [5, 5.41) is 7.35. The Balaban J connectivity index is 1.45.